The van der Waals surface area contributed by atoms with Gasteiger partial charge in [0.1, 0.15) is 5.72 Å². The maximum absolute atomic E-state index is 5.89. The molecule has 1 saturated carbocycles. The van der Waals surface area contributed by atoms with Crippen LogP contribution in [0, 0.1) is 0 Å². The van der Waals surface area contributed by atoms with E-state index in [2.05, 4.69) is 19.2 Å². The Bertz CT molecular complexity index is 171. The lowest BCUT2D eigenvalue weighted by Crippen LogP contribution is -2.49. The standard InChI is InChI=1S/C10H19NO/c1-9(2)8-12-10(11-9)6-4-3-5-7-10/h11H,3-8H2,1-2H3. The molecular formula is C10H19NO. The van der Waals surface area contributed by atoms with Gasteiger partial charge in [0.05, 0.1) is 6.61 Å². The van der Waals surface area contributed by atoms with Gasteiger partial charge in [0.25, 0.3) is 0 Å². The first-order chi connectivity index (χ1) is 5.62. The molecule has 2 heteroatoms. The highest BCUT2D eigenvalue weighted by Crippen LogP contribution is 2.35. The lowest BCUT2D eigenvalue weighted by molar-refractivity contribution is -0.0384. The van der Waals surface area contributed by atoms with E-state index in [1.807, 2.05) is 0 Å². The fraction of sp³-hybridized carbons (Fsp3) is 1.00. The van der Waals surface area contributed by atoms with E-state index in [4.69, 9.17) is 4.74 Å². The third-order valence-electron chi connectivity index (χ3n) is 2.94. The van der Waals surface area contributed by atoms with Gasteiger partial charge in [0.15, 0.2) is 0 Å². The topological polar surface area (TPSA) is 21.3 Å². The molecule has 0 aromatic rings. The van der Waals surface area contributed by atoms with Crippen LogP contribution < -0.4 is 5.32 Å². The smallest absolute Gasteiger partial charge is 0.119 e. The van der Waals surface area contributed by atoms with Crippen LogP contribution in [-0.4, -0.2) is 17.9 Å². The summed E-state index contributed by atoms with van der Waals surface area (Å²) in [5.41, 5.74) is 0.249. The van der Waals surface area contributed by atoms with Crippen molar-refractivity contribution in [3.8, 4) is 0 Å². The Morgan fingerprint density at radius 2 is 1.75 bits per heavy atom. The molecule has 2 fully saturated rings. The Morgan fingerprint density at radius 3 is 2.25 bits per heavy atom. The summed E-state index contributed by atoms with van der Waals surface area (Å²) in [6, 6.07) is 0. The molecular weight excluding hydrogens is 150 g/mol. The summed E-state index contributed by atoms with van der Waals surface area (Å²) in [5.74, 6) is 0. The van der Waals surface area contributed by atoms with Crippen LogP contribution in [0.3, 0.4) is 0 Å². The highest BCUT2D eigenvalue weighted by atomic mass is 16.5. The Hall–Kier alpha value is -0.0800. The van der Waals surface area contributed by atoms with Gasteiger partial charge in [-0.2, -0.15) is 0 Å². The summed E-state index contributed by atoms with van der Waals surface area (Å²) in [6.45, 7) is 5.31. The maximum atomic E-state index is 5.89. The van der Waals surface area contributed by atoms with Gasteiger partial charge in [-0.05, 0) is 39.5 Å². The van der Waals surface area contributed by atoms with Gasteiger partial charge in [0.2, 0.25) is 0 Å². The van der Waals surface area contributed by atoms with Crippen LogP contribution in [-0.2, 0) is 4.74 Å². The highest BCUT2D eigenvalue weighted by Gasteiger charge is 2.43. The van der Waals surface area contributed by atoms with E-state index >= 15 is 0 Å². The van der Waals surface area contributed by atoms with Crippen molar-refractivity contribution in [3.63, 3.8) is 0 Å². The van der Waals surface area contributed by atoms with Crippen molar-refractivity contribution in [1.82, 2.24) is 5.32 Å². The monoisotopic (exact) mass is 169 g/mol. The van der Waals surface area contributed by atoms with E-state index in [0.717, 1.165) is 6.61 Å². The second kappa shape index (κ2) is 2.71. The van der Waals surface area contributed by atoms with Crippen LogP contribution in [0.4, 0.5) is 0 Å². The summed E-state index contributed by atoms with van der Waals surface area (Å²) < 4.78 is 5.89. The van der Waals surface area contributed by atoms with E-state index < -0.39 is 0 Å². The molecule has 0 radical (unpaired) electrons. The van der Waals surface area contributed by atoms with Gasteiger partial charge in [0, 0.05) is 5.54 Å². The second-order valence-electron chi connectivity index (χ2n) is 4.85. The first-order valence-electron chi connectivity index (χ1n) is 5.05. The molecule has 1 heterocycles. The van der Waals surface area contributed by atoms with Gasteiger partial charge in [-0.3, -0.25) is 5.32 Å². The molecule has 0 aromatic carbocycles. The average Bonchev–Trinajstić information content (AvgIpc) is 2.29. The third-order valence-corrected chi connectivity index (χ3v) is 2.94. The molecule has 1 spiro atoms. The molecule has 1 N–H and O–H groups in total. The lowest BCUT2D eigenvalue weighted by atomic mass is 9.91. The van der Waals surface area contributed by atoms with E-state index in [0.29, 0.717) is 0 Å². The predicted molar refractivity (Wildman–Crippen MR) is 49.0 cm³/mol. The minimum absolute atomic E-state index is 0.0573. The SMILES string of the molecule is CC1(C)COC2(CCCCC2)N1. The summed E-state index contributed by atoms with van der Waals surface area (Å²) >= 11 is 0. The fourth-order valence-corrected chi connectivity index (χ4v) is 2.40. The zero-order valence-electron chi connectivity index (χ0n) is 8.15. The molecule has 12 heavy (non-hydrogen) atoms. The number of nitrogens with one attached hydrogen (secondary N) is 1. The van der Waals surface area contributed by atoms with Crippen LogP contribution in [0.15, 0.2) is 0 Å². The first-order valence-corrected chi connectivity index (χ1v) is 5.05. The molecule has 1 saturated heterocycles. The molecule has 0 atom stereocenters. The van der Waals surface area contributed by atoms with Crippen molar-refractivity contribution in [1.29, 1.82) is 0 Å². The van der Waals surface area contributed by atoms with Crippen LogP contribution >= 0.6 is 0 Å². The van der Waals surface area contributed by atoms with E-state index in [1.165, 1.54) is 32.1 Å². The summed E-state index contributed by atoms with van der Waals surface area (Å²) in [6.07, 6.45) is 6.44. The van der Waals surface area contributed by atoms with Crippen molar-refractivity contribution < 1.29 is 4.74 Å². The quantitative estimate of drug-likeness (QED) is 0.599. The number of ether oxygens (including phenoxy) is 1. The first kappa shape index (κ1) is 8.52. The van der Waals surface area contributed by atoms with Crippen molar-refractivity contribution >= 4 is 0 Å². The molecule has 2 rings (SSSR count). The van der Waals surface area contributed by atoms with Crippen LogP contribution in [0.5, 0.6) is 0 Å². The maximum Gasteiger partial charge on any atom is 0.119 e. The number of rotatable bonds is 0. The van der Waals surface area contributed by atoms with Crippen molar-refractivity contribution in [2.45, 2.75) is 57.2 Å². The van der Waals surface area contributed by atoms with Crippen LogP contribution in [0.25, 0.3) is 0 Å². The minimum atomic E-state index is 0.0573. The van der Waals surface area contributed by atoms with E-state index in [1.54, 1.807) is 0 Å². The van der Waals surface area contributed by atoms with Crippen molar-refractivity contribution in [2.75, 3.05) is 6.61 Å². The van der Waals surface area contributed by atoms with E-state index in [9.17, 15) is 0 Å². The van der Waals surface area contributed by atoms with Gasteiger partial charge in [-0.25, -0.2) is 0 Å². The molecule has 0 bridgehead atoms. The molecule has 2 nitrogen and oxygen atoms in total. The molecule has 0 aromatic heterocycles. The molecule has 70 valence electrons. The summed E-state index contributed by atoms with van der Waals surface area (Å²) in [4.78, 5) is 0. The Morgan fingerprint density at radius 1 is 1.08 bits per heavy atom. The Balaban J connectivity index is 2.03. The second-order valence-corrected chi connectivity index (χ2v) is 4.85. The summed E-state index contributed by atoms with van der Waals surface area (Å²) in [7, 11) is 0. The minimum Gasteiger partial charge on any atom is -0.359 e. The molecule has 1 aliphatic carbocycles. The van der Waals surface area contributed by atoms with Crippen molar-refractivity contribution in [2.24, 2.45) is 0 Å². The highest BCUT2D eigenvalue weighted by molar-refractivity contribution is 4.95. The van der Waals surface area contributed by atoms with Gasteiger partial charge in [-0.1, -0.05) is 6.42 Å². The van der Waals surface area contributed by atoms with Gasteiger partial charge < -0.3 is 4.74 Å². The largest absolute Gasteiger partial charge is 0.359 e. The van der Waals surface area contributed by atoms with Gasteiger partial charge >= 0.3 is 0 Å². The zero-order valence-corrected chi connectivity index (χ0v) is 8.15. The molecule has 0 unspecified atom stereocenters. The van der Waals surface area contributed by atoms with E-state index in [-0.39, 0.29) is 11.3 Å². The van der Waals surface area contributed by atoms with Crippen LogP contribution in [0.1, 0.15) is 46.0 Å². The number of hydrogen-bond donors (Lipinski definition) is 1. The lowest BCUT2D eigenvalue weighted by Gasteiger charge is -2.34. The fourth-order valence-electron chi connectivity index (χ4n) is 2.40. The normalized spacial score (nSPS) is 32.5. The summed E-state index contributed by atoms with van der Waals surface area (Å²) in [5, 5.41) is 3.62. The van der Waals surface area contributed by atoms with Crippen molar-refractivity contribution in [3.05, 3.63) is 0 Å². The third kappa shape index (κ3) is 1.50. The number of hydrogen-bond acceptors (Lipinski definition) is 2. The zero-order chi connectivity index (χ0) is 8.66. The molecule has 2 aliphatic rings. The Labute approximate surface area is 74.7 Å². The average molecular weight is 169 g/mol. The predicted octanol–water partition coefficient (Wildman–Crippen LogP) is 2.05. The van der Waals surface area contributed by atoms with Crippen LogP contribution in [0.2, 0.25) is 0 Å². The molecule has 1 aliphatic heterocycles. The molecule has 0 amide bonds. The van der Waals surface area contributed by atoms with Gasteiger partial charge in [-0.15, -0.1) is 0 Å². The Kier molecular flexibility index (Phi) is 1.92.